The zero-order valence-corrected chi connectivity index (χ0v) is 19.6. The lowest BCUT2D eigenvalue weighted by atomic mass is 10.1. The van der Waals surface area contributed by atoms with Crippen molar-refractivity contribution >= 4 is 39.2 Å². The molecule has 5 nitrogen and oxygen atoms in total. The van der Waals surface area contributed by atoms with Crippen molar-refractivity contribution in [2.45, 2.75) is 12.7 Å². The lowest BCUT2D eigenvalue weighted by molar-refractivity contribution is -0.137. The minimum absolute atomic E-state index is 0.132. The Morgan fingerprint density at radius 1 is 1.06 bits per heavy atom. The second-order valence-corrected chi connectivity index (χ2v) is 8.62. The van der Waals surface area contributed by atoms with Crippen LogP contribution in [0, 0.1) is 0 Å². The van der Waals surface area contributed by atoms with Crippen LogP contribution >= 0.6 is 27.5 Å². The lowest BCUT2D eigenvalue weighted by Crippen LogP contribution is -2.04. The number of alkyl halides is 3. The van der Waals surface area contributed by atoms with Gasteiger partial charge in [0.05, 0.1) is 27.5 Å². The Morgan fingerprint density at radius 2 is 1.74 bits per heavy atom. The molecule has 0 aliphatic rings. The molecule has 0 unspecified atom stereocenters. The maximum atomic E-state index is 13.0. The van der Waals surface area contributed by atoms with E-state index in [1.165, 1.54) is 24.3 Å². The molecule has 0 saturated carbocycles. The first-order valence-corrected chi connectivity index (χ1v) is 11.1. The second kappa shape index (κ2) is 9.52. The quantitative estimate of drug-likeness (QED) is 0.265. The Bertz CT molecular complexity index is 1340. The number of carboxylic acids is 1. The number of aromatic nitrogens is 2. The van der Waals surface area contributed by atoms with Crippen molar-refractivity contribution in [3.63, 3.8) is 0 Å². The predicted molar refractivity (Wildman–Crippen MR) is 127 cm³/mol. The van der Waals surface area contributed by atoms with Crippen LogP contribution in [0.4, 0.5) is 18.9 Å². The van der Waals surface area contributed by atoms with Gasteiger partial charge in [-0.3, -0.25) is 0 Å². The number of nitrogens with one attached hydrogen (secondary N) is 1. The first-order valence-electron chi connectivity index (χ1n) is 9.90. The molecular weight excluding hydrogens is 535 g/mol. The van der Waals surface area contributed by atoms with E-state index in [1.54, 1.807) is 35.1 Å². The monoisotopic (exact) mass is 549 g/mol. The van der Waals surface area contributed by atoms with Crippen LogP contribution in [-0.4, -0.2) is 20.9 Å². The van der Waals surface area contributed by atoms with Gasteiger partial charge in [0.15, 0.2) is 0 Å². The third kappa shape index (κ3) is 5.26. The fourth-order valence-corrected chi connectivity index (χ4v) is 3.72. The molecule has 10 heteroatoms. The average Bonchev–Trinajstić information content (AvgIpc) is 3.24. The zero-order valence-electron chi connectivity index (χ0n) is 17.3. The van der Waals surface area contributed by atoms with Crippen molar-refractivity contribution in [3.05, 3.63) is 99.1 Å². The maximum absolute atomic E-state index is 13.0. The summed E-state index contributed by atoms with van der Waals surface area (Å²) in [5.74, 6) is -1.05. The zero-order chi connectivity index (χ0) is 24.5. The number of rotatable bonds is 6. The summed E-state index contributed by atoms with van der Waals surface area (Å²) in [6, 6.07) is 16.3. The van der Waals surface area contributed by atoms with Crippen LogP contribution in [0.2, 0.25) is 5.02 Å². The van der Waals surface area contributed by atoms with Crippen LogP contribution in [0.25, 0.3) is 16.9 Å². The smallest absolute Gasteiger partial charge is 0.416 e. The van der Waals surface area contributed by atoms with Gasteiger partial charge in [0, 0.05) is 34.0 Å². The number of nitrogens with zero attached hydrogens (tertiary/aromatic N) is 2. The van der Waals surface area contributed by atoms with Crippen LogP contribution in [-0.2, 0) is 12.7 Å². The minimum atomic E-state index is -4.44. The average molecular weight is 551 g/mol. The fraction of sp³-hybridized carbons (Fsp3) is 0.0833. The summed E-state index contributed by atoms with van der Waals surface area (Å²) in [5, 5.41) is 17.5. The van der Waals surface area contributed by atoms with Crippen LogP contribution in [0.5, 0.6) is 0 Å². The Hall–Kier alpha value is -3.30. The molecule has 0 saturated heterocycles. The van der Waals surface area contributed by atoms with E-state index in [9.17, 15) is 18.0 Å². The van der Waals surface area contributed by atoms with Crippen molar-refractivity contribution in [3.8, 4) is 16.9 Å². The van der Waals surface area contributed by atoms with Gasteiger partial charge in [0.2, 0.25) is 0 Å². The molecule has 0 bridgehead atoms. The van der Waals surface area contributed by atoms with E-state index in [-0.39, 0.29) is 5.56 Å². The van der Waals surface area contributed by atoms with E-state index in [4.69, 9.17) is 16.7 Å². The number of halogens is 5. The number of benzene rings is 3. The van der Waals surface area contributed by atoms with Crippen LogP contribution in [0.15, 0.2) is 77.4 Å². The second-order valence-electron chi connectivity index (χ2n) is 7.36. The molecule has 4 aromatic rings. The van der Waals surface area contributed by atoms with Gasteiger partial charge < -0.3 is 10.4 Å². The number of anilines is 1. The summed E-state index contributed by atoms with van der Waals surface area (Å²) in [4.78, 5) is 11.1. The van der Waals surface area contributed by atoms with Gasteiger partial charge in [-0.2, -0.15) is 18.3 Å². The van der Waals surface area contributed by atoms with Crippen molar-refractivity contribution in [2.75, 3.05) is 5.32 Å². The summed E-state index contributed by atoms with van der Waals surface area (Å²) in [5.41, 5.74) is 2.48. The molecule has 0 aliphatic heterocycles. The molecule has 1 heterocycles. The fourth-order valence-electron chi connectivity index (χ4n) is 3.29. The van der Waals surface area contributed by atoms with E-state index in [2.05, 4.69) is 26.3 Å². The topological polar surface area (TPSA) is 67.2 Å². The Balaban J connectivity index is 1.70. The molecule has 3 aromatic carbocycles. The Morgan fingerprint density at radius 3 is 2.32 bits per heavy atom. The molecule has 4 rings (SSSR count). The highest BCUT2D eigenvalue weighted by Crippen LogP contribution is 2.32. The van der Waals surface area contributed by atoms with Gasteiger partial charge in [-0.1, -0.05) is 23.7 Å². The summed E-state index contributed by atoms with van der Waals surface area (Å²) in [6.45, 7) is 0.321. The molecular formula is C24H16BrClF3N3O2. The summed E-state index contributed by atoms with van der Waals surface area (Å²) < 4.78 is 41.3. The third-order valence-electron chi connectivity index (χ3n) is 5.06. The molecule has 2 N–H and O–H groups in total. The number of hydrogen-bond acceptors (Lipinski definition) is 3. The number of carboxylic acid groups (broad SMARTS) is 1. The highest BCUT2D eigenvalue weighted by atomic mass is 79.9. The van der Waals surface area contributed by atoms with Crippen molar-refractivity contribution in [2.24, 2.45) is 0 Å². The highest BCUT2D eigenvalue weighted by molar-refractivity contribution is 9.10. The van der Waals surface area contributed by atoms with Gasteiger partial charge >= 0.3 is 12.1 Å². The van der Waals surface area contributed by atoms with Crippen molar-refractivity contribution in [1.29, 1.82) is 0 Å². The maximum Gasteiger partial charge on any atom is 0.416 e. The Labute approximate surface area is 205 Å². The molecule has 0 amide bonds. The van der Waals surface area contributed by atoms with Gasteiger partial charge in [-0.05, 0) is 70.5 Å². The van der Waals surface area contributed by atoms with E-state index < -0.39 is 17.7 Å². The van der Waals surface area contributed by atoms with E-state index in [1.807, 2.05) is 6.07 Å². The first kappa shape index (κ1) is 23.8. The third-order valence-corrected chi connectivity index (χ3v) is 6.29. The molecule has 0 atom stereocenters. The number of carbonyl (C=O) groups is 1. The number of hydrogen-bond donors (Lipinski definition) is 2. The molecule has 34 heavy (non-hydrogen) atoms. The number of aromatic carboxylic acids is 1. The van der Waals surface area contributed by atoms with Gasteiger partial charge in [0.1, 0.15) is 0 Å². The van der Waals surface area contributed by atoms with Crippen LogP contribution in [0.3, 0.4) is 0 Å². The molecule has 1 aromatic heterocycles. The van der Waals surface area contributed by atoms with Gasteiger partial charge in [0.25, 0.3) is 0 Å². The molecule has 0 radical (unpaired) electrons. The van der Waals surface area contributed by atoms with Crippen LogP contribution < -0.4 is 5.32 Å². The Kier molecular flexibility index (Phi) is 6.67. The normalized spacial score (nSPS) is 11.4. The first-order chi connectivity index (χ1) is 16.1. The van der Waals surface area contributed by atoms with E-state index >= 15 is 0 Å². The highest BCUT2D eigenvalue weighted by Gasteiger charge is 2.30. The SMILES string of the molecule is O=C(O)c1ccc(-n2cc(CNc3ccc(Br)c(Cl)c3)c(-c3ccc(C(F)(F)F)cc3)n2)cc1. The molecule has 0 fully saturated rings. The minimum Gasteiger partial charge on any atom is -0.478 e. The van der Waals surface area contributed by atoms with E-state index in [0.29, 0.717) is 28.5 Å². The van der Waals surface area contributed by atoms with Crippen molar-refractivity contribution < 1.29 is 23.1 Å². The van der Waals surface area contributed by atoms with Gasteiger partial charge in [-0.15, -0.1) is 0 Å². The largest absolute Gasteiger partial charge is 0.478 e. The molecule has 174 valence electrons. The standard InChI is InChI=1S/C24H16BrClF3N3O2/c25-20-10-7-18(11-21(20)26)30-12-16-13-32(19-8-3-15(4-9-19)23(33)34)31-22(16)14-1-5-17(6-2-14)24(27,28)29/h1-11,13,30H,12H2,(H,33,34). The summed E-state index contributed by atoms with van der Waals surface area (Å²) in [7, 11) is 0. The van der Waals surface area contributed by atoms with Gasteiger partial charge in [-0.25, -0.2) is 9.48 Å². The summed E-state index contributed by atoms with van der Waals surface area (Å²) in [6.07, 6.45) is -2.69. The van der Waals surface area contributed by atoms with Crippen LogP contribution in [0.1, 0.15) is 21.5 Å². The summed E-state index contributed by atoms with van der Waals surface area (Å²) >= 11 is 9.50. The molecule has 0 spiro atoms. The lowest BCUT2D eigenvalue weighted by Gasteiger charge is -2.09. The van der Waals surface area contributed by atoms with E-state index in [0.717, 1.165) is 27.9 Å². The molecule has 0 aliphatic carbocycles. The predicted octanol–water partition coefficient (Wildman–Crippen LogP) is 7.28. The van der Waals surface area contributed by atoms with Crippen molar-refractivity contribution in [1.82, 2.24) is 9.78 Å².